The number of hydrogen-bond acceptors (Lipinski definition) is 4. The third-order valence-corrected chi connectivity index (χ3v) is 5.26. The fourth-order valence-electron chi connectivity index (χ4n) is 2.46. The summed E-state index contributed by atoms with van der Waals surface area (Å²) in [5, 5.41) is 2.73. The van der Waals surface area contributed by atoms with Gasteiger partial charge in [0.05, 0.1) is 11.4 Å². The molecule has 0 spiro atoms. The molecule has 0 heterocycles. The first-order chi connectivity index (χ1) is 14.0. The first kappa shape index (κ1) is 20.1. The Hall–Kier alpha value is -3.60. The summed E-state index contributed by atoms with van der Waals surface area (Å²) in [4.78, 5) is 12.5. The number of sulfonamides is 1. The largest absolute Gasteiger partial charge is 0.457 e. The summed E-state index contributed by atoms with van der Waals surface area (Å²) in [6, 6.07) is 21.9. The fourth-order valence-corrected chi connectivity index (χ4v) is 3.44. The molecule has 0 unspecified atom stereocenters. The number of para-hydroxylation sites is 1. The average molecular weight is 406 g/mol. The van der Waals surface area contributed by atoms with Crippen LogP contribution in [0.15, 0.2) is 83.8 Å². The summed E-state index contributed by atoms with van der Waals surface area (Å²) in [6.07, 6.45) is 5.08. The molecule has 0 saturated carbocycles. The van der Waals surface area contributed by atoms with E-state index in [1.807, 2.05) is 30.3 Å². The Kier molecular flexibility index (Phi) is 6.29. The molecule has 0 radical (unpaired) electrons. The van der Waals surface area contributed by atoms with Crippen LogP contribution in [0.1, 0.15) is 10.4 Å². The third-order valence-electron chi connectivity index (χ3n) is 3.86. The van der Waals surface area contributed by atoms with Crippen LogP contribution < -0.4 is 14.8 Å². The van der Waals surface area contributed by atoms with E-state index >= 15 is 0 Å². The molecule has 1 amide bonds. The molecule has 0 aromatic heterocycles. The van der Waals surface area contributed by atoms with Gasteiger partial charge in [-0.05, 0) is 54.6 Å². The van der Waals surface area contributed by atoms with Gasteiger partial charge in [-0.1, -0.05) is 30.2 Å². The van der Waals surface area contributed by atoms with Gasteiger partial charge in [0.1, 0.15) is 11.5 Å². The maximum atomic E-state index is 12.5. The van der Waals surface area contributed by atoms with Gasteiger partial charge in [0, 0.05) is 11.3 Å². The smallest absolute Gasteiger partial charge is 0.255 e. The average Bonchev–Trinajstić information content (AvgIpc) is 2.74. The Morgan fingerprint density at radius 2 is 1.62 bits per heavy atom. The Bertz CT molecular complexity index is 1140. The molecule has 0 saturated heterocycles. The van der Waals surface area contributed by atoms with Crippen molar-refractivity contribution in [2.45, 2.75) is 4.90 Å². The Morgan fingerprint density at radius 1 is 0.931 bits per heavy atom. The van der Waals surface area contributed by atoms with Gasteiger partial charge < -0.3 is 10.1 Å². The van der Waals surface area contributed by atoms with Crippen molar-refractivity contribution in [1.82, 2.24) is 4.72 Å². The molecule has 3 aromatic carbocycles. The monoisotopic (exact) mass is 406 g/mol. The van der Waals surface area contributed by atoms with E-state index in [0.717, 1.165) is 0 Å². The number of amides is 1. The van der Waals surface area contributed by atoms with E-state index in [0.29, 0.717) is 17.2 Å². The minimum Gasteiger partial charge on any atom is -0.457 e. The molecule has 3 aromatic rings. The van der Waals surface area contributed by atoms with Crippen molar-refractivity contribution in [3.8, 4) is 23.8 Å². The van der Waals surface area contributed by atoms with Crippen LogP contribution in [0.25, 0.3) is 0 Å². The lowest BCUT2D eigenvalue weighted by Crippen LogP contribution is -2.24. The second kappa shape index (κ2) is 9.06. The van der Waals surface area contributed by atoms with Crippen LogP contribution in [0, 0.1) is 12.3 Å². The van der Waals surface area contributed by atoms with E-state index in [1.54, 1.807) is 24.3 Å². The number of anilines is 1. The first-order valence-corrected chi connectivity index (χ1v) is 10.1. The highest BCUT2D eigenvalue weighted by Gasteiger charge is 2.15. The molecule has 6 nitrogen and oxygen atoms in total. The summed E-state index contributed by atoms with van der Waals surface area (Å²) in [5.74, 6) is 3.10. The van der Waals surface area contributed by atoms with Crippen LogP contribution >= 0.6 is 0 Å². The van der Waals surface area contributed by atoms with Crippen molar-refractivity contribution in [2.24, 2.45) is 0 Å². The zero-order valence-corrected chi connectivity index (χ0v) is 16.1. The van der Waals surface area contributed by atoms with Gasteiger partial charge >= 0.3 is 0 Å². The number of rotatable bonds is 7. The van der Waals surface area contributed by atoms with Gasteiger partial charge in [-0.3, -0.25) is 4.79 Å². The number of nitrogens with one attached hydrogen (secondary N) is 2. The van der Waals surface area contributed by atoms with Gasteiger partial charge in [0.25, 0.3) is 5.91 Å². The van der Waals surface area contributed by atoms with Crippen LogP contribution in [0.3, 0.4) is 0 Å². The van der Waals surface area contributed by atoms with Crippen LogP contribution in [-0.2, 0) is 10.0 Å². The molecular formula is C22H18N2O4S. The molecule has 29 heavy (non-hydrogen) atoms. The summed E-state index contributed by atoms with van der Waals surface area (Å²) < 4.78 is 32.3. The molecule has 3 rings (SSSR count). The van der Waals surface area contributed by atoms with Gasteiger partial charge in [-0.2, -0.15) is 4.72 Å². The Balaban J connectivity index is 1.69. The lowest BCUT2D eigenvalue weighted by Gasteiger charge is -2.09. The highest BCUT2D eigenvalue weighted by atomic mass is 32.2. The van der Waals surface area contributed by atoms with E-state index in [1.165, 1.54) is 24.3 Å². The van der Waals surface area contributed by atoms with E-state index in [2.05, 4.69) is 16.0 Å². The van der Waals surface area contributed by atoms with Crippen LogP contribution in [0.5, 0.6) is 11.5 Å². The second-order valence-corrected chi connectivity index (χ2v) is 7.72. The molecule has 0 atom stereocenters. The summed E-state index contributed by atoms with van der Waals surface area (Å²) in [7, 11) is -3.78. The van der Waals surface area contributed by atoms with Crippen molar-refractivity contribution >= 4 is 21.6 Å². The predicted octanol–water partition coefficient (Wildman–Crippen LogP) is 3.64. The molecule has 0 aliphatic heterocycles. The molecule has 7 heteroatoms. The molecule has 0 bridgehead atoms. The summed E-state index contributed by atoms with van der Waals surface area (Å²) >= 11 is 0. The molecule has 0 aliphatic rings. The van der Waals surface area contributed by atoms with Gasteiger partial charge in [0.15, 0.2) is 0 Å². The van der Waals surface area contributed by atoms with E-state index < -0.39 is 15.9 Å². The highest BCUT2D eigenvalue weighted by molar-refractivity contribution is 7.89. The normalized spacial score (nSPS) is 10.7. The topological polar surface area (TPSA) is 84.5 Å². The number of terminal acetylenes is 1. The van der Waals surface area contributed by atoms with Gasteiger partial charge in [0.2, 0.25) is 10.0 Å². The van der Waals surface area contributed by atoms with Crippen molar-refractivity contribution in [3.05, 3.63) is 84.4 Å². The lowest BCUT2D eigenvalue weighted by atomic mass is 10.2. The zero-order chi connectivity index (χ0) is 20.7. The third kappa shape index (κ3) is 5.45. The van der Waals surface area contributed by atoms with E-state index in [-0.39, 0.29) is 17.0 Å². The first-order valence-electron chi connectivity index (χ1n) is 8.65. The van der Waals surface area contributed by atoms with Crippen molar-refractivity contribution in [2.75, 3.05) is 11.9 Å². The molecular weight excluding hydrogens is 388 g/mol. The summed E-state index contributed by atoms with van der Waals surface area (Å²) in [6.45, 7) is -0.129. The minimum atomic E-state index is -3.78. The molecule has 0 aliphatic carbocycles. The summed E-state index contributed by atoms with van der Waals surface area (Å²) in [5.41, 5.74) is 0.757. The van der Waals surface area contributed by atoms with Crippen molar-refractivity contribution < 1.29 is 17.9 Å². The Labute approximate surface area is 169 Å². The number of benzene rings is 3. The van der Waals surface area contributed by atoms with Crippen molar-refractivity contribution in [1.29, 1.82) is 0 Å². The maximum absolute atomic E-state index is 12.5. The number of carbonyl (C=O) groups is 1. The second-order valence-electron chi connectivity index (χ2n) is 5.95. The number of carbonyl (C=O) groups excluding carboxylic acids is 1. The van der Waals surface area contributed by atoms with Crippen LogP contribution in [-0.4, -0.2) is 20.9 Å². The minimum absolute atomic E-state index is 0.0352. The molecule has 2 N–H and O–H groups in total. The lowest BCUT2D eigenvalue weighted by molar-refractivity contribution is 0.102. The van der Waals surface area contributed by atoms with Crippen molar-refractivity contribution in [3.63, 3.8) is 0 Å². The number of hydrogen-bond donors (Lipinski definition) is 2. The molecule has 0 fully saturated rings. The fraction of sp³-hybridized carbons (Fsp3) is 0.0455. The predicted molar refractivity (Wildman–Crippen MR) is 111 cm³/mol. The maximum Gasteiger partial charge on any atom is 0.255 e. The Morgan fingerprint density at radius 3 is 2.31 bits per heavy atom. The standard InChI is InChI=1S/C22H18N2O4S/c1-2-15-23-29(26,27)21-10-6-7-17(16-21)22(25)24-18-11-13-20(14-12-18)28-19-8-4-3-5-9-19/h1,3-14,16,23H,15H2,(H,24,25). The highest BCUT2D eigenvalue weighted by Crippen LogP contribution is 2.23. The van der Waals surface area contributed by atoms with Crippen LogP contribution in [0.4, 0.5) is 5.69 Å². The SMILES string of the molecule is C#CCNS(=O)(=O)c1cccc(C(=O)Nc2ccc(Oc3ccccc3)cc2)c1. The molecule has 146 valence electrons. The van der Waals surface area contributed by atoms with Gasteiger partial charge in [-0.25, -0.2) is 8.42 Å². The van der Waals surface area contributed by atoms with E-state index in [9.17, 15) is 13.2 Å². The van der Waals surface area contributed by atoms with Gasteiger partial charge in [-0.15, -0.1) is 6.42 Å². The zero-order valence-electron chi connectivity index (χ0n) is 15.3. The van der Waals surface area contributed by atoms with E-state index in [4.69, 9.17) is 11.2 Å². The number of ether oxygens (including phenoxy) is 1. The van der Waals surface area contributed by atoms with Crippen LogP contribution in [0.2, 0.25) is 0 Å². The quantitative estimate of drug-likeness (QED) is 0.587.